The maximum atomic E-state index is 13.0. The lowest BCUT2D eigenvalue weighted by Gasteiger charge is -2.55. The van der Waals surface area contributed by atoms with Gasteiger partial charge in [-0.15, -0.1) is 0 Å². The average molecular weight is 468 g/mol. The lowest BCUT2D eigenvalue weighted by molar-refractivity contribution is -0.213. The summed E-state index contributed by atoms with van der Waals surface area (Å²) in [5.41, 5.74) is -2.78. The molecule has 10 heteroatoms. The molecule has 0 amide bonds. The van der Waals surface area contributed by atoms with Crippen LogP contribution >= 0.6 is 0 Å². The molecule has 2 bridgehead atoms. The minimum atomic E-state index is -2.46. The van der Waals surface area contributed by atoms with Crippen molar-refractivity contribution in [1.29, 1.82) is 0 Å². The molecule has 2 rings (SSSR count). The summed E-state index contributed by atoms with van der Waals surface area (Å²) in [5.74, 6) is -11.1. The van der Waals surface area contributed by atoms with E-state index in [0.29, 0.717) is 12.8 Å². The van der Waals surface area contributed by atoms with Crippen LogP contribution in [-0.2, 0) is 38.1 Å². The minimum Gasteiger partial charge on any atom is -0.511 e. The van der Waals surface area contributed by atoms with Crippen LogP contribution in [0.4, 0.5) is 0 Å². The van der Waals surface area contributed by atoms with Crippen molar-refractivity contribution in [2.24, 2.45) is 29.6 Å². The molecular formula is C23H32O10. The zero-order valence-corrected chi connectivity index (χ0v) is 19.5. The molecule has 0 heterocycles. The van der Waals surface area contributed by atoms with Crippen molar-refractivity contribution in [3.63, 3.8) is 0 Å². The minimum absolute atomic E-state index is 0.0736. The van der Waals surface area contributed by atoms with Gasteiger partial charge in [0.2, 0.25) is 0 Å². The molecule has 2 aliphatic rings. The first-order valence-electron chi connectivity index (χ1n) is 10.8. The second kappa shape index (κ2) is 10.8. The maximum Gasteiger partial charge on any atom is 0.337 e. The van der Waals surface area contributed by atoms with Gasteiger partial charge in [0.05, 0.1) is 45.8 Å². The maximum absolute atomic E-state index is 13.0. The number of allylic oxidation sites excluding steroid dienone is 2. The van der Waals surface area contributed by atoms with Crippen molar-refractivity contribution in [3.8, 4) is 0 Å². The molecule has 10 nitrogen and oxygen atoms in total. The molecule has 33 heavy (non-hydrogen) atoms. The lowest BCUT2D eigenvalue weighted by Crippen LogP contribution is -2.68. The summed E-state index contributed by atoms with van der Waals surface area (Å²) in [6.45, 7) is 1.97. The molecule has 1 fully saturated rings. The third-order valence-corrected chi connectivity index (χ3v) is 6.67. The third kappa shape index (κ3) is 4.48. The number of aliphatic hydroxyl groups is 2. The van der Waals surface area contributed by atoms with Crippen LogP contribution in [0, 0.1) is 29.6 Å². The van der Waals surface area contributed by atoms with E-state index in [4.69, 9.17) is 18.9 Å². The third-order valence-electron chi connectivity index (χ3n) is 6.67. The van der Waals surface area contributed by atoms with Crippen molar-refractivity contribution >= 4 is 23.9 Å². The van der Waals surface area contributed by atoms with Crippen molar-refractivity contribution in [2.45, 2.75) is 38.2 Å². The Morgan fingerprint density at radius 3 is 2.03 bits per heavy atom. The van der Waals surface area contributed by atoms with Crippen LogP contribution in [0.5, 0.6) is 0 Å². The Balaban J connectivity index is 2.82. The van der Waals surface area contributed by atoms with Crippen LogP contribution < -0.4 is 0 Å². The molecule has 184 valence electrons. The highest BCUT2D eigenvalue weighted by atomic mass is 16.5. The molecule has 0 aromatic heterocycles. The molecule has 2 N–H and O–H groups in total. The molecule has 1 saturated carbocycles. The topological polar surface area (TPSA) is 146 Å². The van der Waals surface area contributed by atoms with E-state index in [-0.39, 0.29) is 12.0 Å². The zero-order chi connectivity index (χ0) is 24.9. The number of carbonyl (C=O) groups is 4. The van der Waals surface area contributed by atoms with Crippen LogP contribution in [0.2, 0.25) is 0 Å². The van der Waals surface area contributed by atoms with E-state index in [9.17, 15) is 29.4 Å². The second-order valence-corrected chi connectivity index (χ2v) is 8.19. The van der Waals surface area contributed by atoms with E-state index in [1.807, 2.05) is 19.1 Å². The van der Waals surface area contributed by atoms with Gasteiger partial charge in [0.1, 0.15) is 17.3 Å². The van der Waals surface area contributed by atoms with Crippen molar-refractivity contribution in [1.82, 2.24) is 0 Å². The number of rotatable bonds is 8. The standard InChI is InChI=1S/C23H32O10/c1-6-7-8-9-10-12-11-13-14(19(25)30-2)18(24)17(22(28)33-5)23(29,15(12)20(26)31-3)16(13)21(27)32-4/h7-8,12-13,15-17,24,29H,6,9-11H2,1-5H3/b8-7-/t12?,13-,15+,16+,17+,23+/m0/s1. The summed E-state index contributed by atoms with van der Waals surface area (Å²) in [4.78, 5) is 51.3. The van der Waals surface area contributed by atoms with Gasteiger partial charge in [-0.25, -0.2) is 4.79 Å². The number of carbonyl (C=O) groups excluding carboxylic acids is 4. The predicted octanol–water partition coefficient (Wildman–Crippen LogP) is 1.47. The lowest BCUT2D eigenvalue weighted by atomic mass is 9.49. The van der Waals surface area contributed by atoms with Gasteiger partial charge in [0.15, 0.2) is 0 Å². The van der Waals surface area contributed by atoms with Gasteiger partial charge >= 0.3 is 23.9 Å². The van der Waals surface area contributed by atoms with Gasteiger partial charge in [-0.05, 0) is 31.6 Å². The molecule has 0 spiro atoms. The highest BCUT2D eigenvalue weighted by molar-refractivity contribution is 5.95. The smallest absolute Gasteiger partial charge is 0.337 e. The molecule has 0 aromatic rings. The van der Waals surface area contributed by atoms with Crippen LogP contribution in [-0.4, -0.2) is 68.1 Å². The van der Waals surface area contributed by atoms with Crippen molar-refractivity contribution in [2.75, 3.05) is 28.4 Å². The van der Waals surface area contributed by atoms with Crippen LogP contribution in [0.25, 0.3) is 0 Å². The first kappa shape index (κ1) is 26.4. The van der Waals surface area contributed by atoms with Gasteiger partial charge in [0.25, 0.3) is 0 Å². The fourth-order valence-corrected chi connectivity index (χ4v) is 5.35. The molecule has 0 radical (unpaired) electrons. The summed E-state index contributed by atoms with van der Waals surface area (Å²) in [5, 5.41) is 23.0. The number of aliphatic hydroxyl groups excluding tert-OH is 1. The van der Waals surface area contributed by atoms with E-state index in [2.05, 4.69) is 0 Å². The summed E-state index contributed by atoms with van der Waals surface area (Å²) in [6, 6.07) is 0. The predicted molar refractivity (Wildman–Crippen MR) is 113 cm³/mol. The highest BCUT2D eigenvalue weighted by Crippen LogP contribution is 2.58. The Kier molecular flexibility index (Phi) is 8.65. The number of ether oxygens (including phenoxy) is 4. The normalized spacial score (nSPS) is 31.2. The van der Waals surface area contributed by atoms with E-state index in [1.165, 1.54) is 0 Å². The number of hydrogen-bond acceptors (Lipinski definition) is 10. The fraction of sp³-hybridized carbons (Fsp3) is 0.652. The van der Waals surface area contributed by atoms with E-state index in [1.54, 1.807) is 0 Å². The molecule has 2 aliphatic carbocycles. The quantitative estimate of drug-likeness (QED) is 0.305. The highest BCUT2D eigenvalue weighted by Gasteiger charge is 2.70. The van der Waals surface area contributed by atoms with Gasteiger partial charge < -0.3 is 29.2 Å². The Labute approximate surface area is 192 Å². The summed E-state index contributed by atoms with van der Waals surface area (Å²) >= 11 is 0. The monoisotopic (exact) mass is 468 g/mol. The van der Waals surface area contributed by atoms with Crippen molar-refractivity contribution < 1.29 is 48.3 Å². The molecule has 6 atom stereocenters. The molecular weight excluding hydrogens is 436 g/mol. The molecule has 0 saturated heterocycles. The van der Waals surface area contributed by atoms with E-state index < -0.39 is 64.8 Å². The Hall–Kier alpha value is -2.88. The van der Waals surface area contributed by atoms with E-state index >= 15 is 0 Å². The van der Waals surface area contributed by atoms with Gasteiger partial charge in [-0.2, -0.15) is 0 Å². The zero-order valence-electron chi connectivity index (χ0n) is 19.5. The largest absolute Gasteiger partial charge is 0.511 e. The first-order valence-corrected chi connectivity index (χ1v) is 10.8. The van der Waals surface area contributed by atoms with Crippen LogP contribution in [0.3, 0.4) is 0 Å². The average Bonchev–Trinajstić information content (AvgIpc) is 2.80. The van der Waals surface area contributed by atoms with E-state index in [0.717, 1.165) is 34.9 Å². The van der Waals surface area contributed by atoms with Gasteiger partial charge in [-0.1, -0.05) is 19.1 Å². The molecule has 1 unspecified atom stereocenters. The molecule has 0 aromatic carbocycles. The SMILES string of the molecule is CC/C=C\CCC1C[C@H]2C(C(=O)OC)=C(O)[C@H](C(=O)OC)[C@@](O)([C@H]1C(=O)OC)[C@H]2C(=O)OC. The Morgan fingerprint density at radius 2 is 1.52 bits per heavy atom. The van der Waals surface area contributed by atoms with Crippen molar-refractivity contribution in [3.05, 3.63) is 23.5 Å². The van der Waals surface area contributed by atoms with Crippen LogP contribution in [0.1, 0.15) is 32.6 Å². The Bertz CT molecular complexity index is 844. The number of methoxy groups -OCH3 is 4. The summed E-state index contributed by atoms with van der Waals surface area (Å²) in [7, 11) is 4.34. The van der Waals surface area contributed by atoms with Crippen LogP contribution in [0.15, 0.2) is 23.5 Å². The fourth-order valence-electron chi connectivity index (χ4n) is 5.35. The Morgan fingerprint density at radius 1 is 0.939 bits per heavy atom. The number of fused-ring (bicyclic) bond motifs is 2. The summed E-state index contributed by atoms with van der Waals surface area (Å²) < 4.78 is 19.4. The number of esters is 4. The van der Waals surface area contributed by atoms with Gasteiger partial charge in [-0.3, -0.25) is 14.4 Å². The summed E-state index contributed by atoms with van der Waals surface area (Å²) in [6.07, 6.45) is 5.70. The number of hydrogen-bond donors (Lipinski definition) is 2. The molecule has 0 aliphatic heterocycles. The second-order valence-electron chi connectivity index (χ2n) is 8.19. The first-order chi connectivity index (χ1) is 15.6. The van der Waals surface area contributed by atoms with Gasteiger partial charge in [0, 0.05) is 5.92 Å².